The fourth-order valence-corrected chi connectivity index (χ4v) is 3.24. The molecule has 1 atom stereocenters. The summed E-state index contributed by atoms with van der Waals surface area (Å²) in [5.74, 6) is 3.48. The van der Waals surface area contributed by atoms with Gasteiger partial charge in [-0.15, -0.1) is 0 Å². The van der Waals surface area contributed by atoms with E-state index in [0.29, 0.717) is 5.92 Å². The van der Waals surface area contributed by atoms with Crippen molar-refractivity contribution < 1.29 is 0 Å². The van der Waals surface area contributed by atoms with Crippen LogP contribution >= 0.6 is 0 Å². The minimum absolute atomic E-state index is 0.339. The highest BCUT2D eigenvalue weighted by Crippen LogP contribution is 2.29. The molecule has 132 valence electrons. The quantitative estimate of drug-likeness (QED) is 0.777. The predicted molar refractivity (Wildman–Crippen MR) is 101 cm³/mol. The third-order valence-electron chi connectivity index (χ3n) is 4.56. The van der Waals surface area contributed by atoms with Gasteiger partial charge in [-0.05, 0) is 38.0 Å². The van der Waals surface area contributed by atoms with E-state index >= 15 is 0 Å². The molecule has 0 saturated carbocycles. The van der Waals surface area contributed by atoms with Gasteiger partial charge in [0.25, 0.3) is 0 Å². The number of hydrogen-bond donors (Lipinski definition) is 1. The predicted octanol–water partition coefficient (Wildman–Crippen LogP) is 3.02. The van der Waals surface area contributed by atoms with Crippen molar-refractivity contribution >= 4 is 17.6 Å². The van der Waals surface area contributed by atoms with E-state index in [0.717, 1.165) is 54.2 Å². The van der Waals surface area contributed by atoms with Gasteiger partial charge in [0.1, 0.15) is 17.5 Å². The van der Waals surface area contributed by atoms with Crippen LogP contribution in [0.2, 0.25) is 0 Å². The summed E-state index contributed by atoms with van der Waals surface area (Å²) >= 11 is 0. The molecule has 1 fully saturated rings. The SMILES string of the molecule is Cc1nc(Nc2ncccc2C)cc([C@@H]2CCN(c3ncccn3)C2)n1. The summed E-state index contributed by atoms with van der Waals surface area (Å²) in [6.07, 6.45) is 6.36. The van der Waals surface area contributed by atoms with Crippen molar-refractivity contribution in [2.24, 2.45) is 0 Å². The van der Waals surface area contributed by atoms with Crippen LogP contribution in [0.3, 0.4) is 0 Å². The summed E-state index contributed by atoms with van der Waals surface area (Å²) in [4.78, 5) is 24.5. The maximum atomic E-state index is 4.67. The fraction of sp³-hybridized carbons (Fsp3) is 0.316. The van der Waals surface area contributed by atoms with E-state index in [1.54, 1.807) is 18.6 Å². The summed E-state index contributed by atoms with van der Waals surface area (Å²) in [6, 6.07) is 7.82. The van der Waals surface area contributed by atoms with Crippen LogP contribution in [0, 0.1) is 13.8 Å². The molecule has 0 radical (unpaired) electrons. The van der Waals surface area contributed by atoms with Crippen molar-refractivity contribution in [1.29, 1.82) is 0 Å². The standard InChI is InChI=1S/C19H21N7/c1-13-5-3-7-20-18(13)25-17-11-16(23-14(2)24-17)15-6-10-26(12-15)19-21-8-4-9-22-19/h3-5,7-9,11,15H,6,10,12H2,1-2H3,(H,20,23,24,25)/t15-/m1/s1. The molecule has 7 heteroatoms. The van der Waals surface area contributed by atoms with Crippen LogP contribution in [0.15, 0.2) is 42.9 Å². The molecule has 0 bridgehead atoms. The molecule has 3 aromatic heterocycles. The Labute approximate surface area is 152 Å². The highest BCUT2D eigenvalue weighted by Gasteiger charge is 2.27. The second-order valence-corrected chi connectivity index (χ2v) is 6.50. The minimum Gasteiger partial charge on any atom is -0.340 e. The van der Waals surface area contributed by atoms with Gasteiger partial charge < -0.3 is 10.2 Å². The number of anilines is 3. The molecule has 1 N–H and O–H groups in total. The fourth-order valence-electron chi connectivity index (χ4n) is 3.24. The van der Waals surface area contributed by atoms with Crippen LogP contribution in [-0.4, -0.2) is 38.0 Å². The Morgan fingerprint density at radius 2 is 1.85 bits per heavy atom. The van der Waals surface area contributed by atoms with Crippen LogP contribution in [-0.2, 0) is 0 Å². The summed E-state index contributed by atoms with van der Waals surface area (Å²) in [7, 11) is 0. The van der Waals surface area contributed by atoms with Crippen molar-refractivity contribution in [2.75, 3.05) is 23.3 Å². The Hall–Kier alpha value is -3.09. The Morgan fingerprint density at radius 3 is 2.65 bits per heavy atom. The molecule has 7 nitrogen and oxygen atoms in total. The van der Waals surface area contributed by atoms with Crippen LogP contribution in [0.25, 0.3) is 0 Å². The first kappa shape index (κ1) is 16.4. The lowest BCUT2D eigenvalue weighted by molar-refractivity contribution is 0.732. The second-order valence-electron chi connectivity index (χ2n) is 6.50. The van der Waals surface area contributed by atoms with Gasteiger partial charge in [0.05, 0.1) is 5.69 Å². The van der Waals surface area contributed by atoms with E-state index in [4.69, 9.17) is 0 Å². The number of pyridine rings is 1. The topological polar surface area (TPSA) is 79.7 Å². The van der Waals surface area contributed by atoms with Gasteiger partial charge in [0.15, 0.2) is 0 Å². The van der Waals surface area contributed by atoms with Crippen molar-refractivity contribution in [3.8, 4) is 0 Å². The largest absolute Gasteiger partial charge is 0.340 e. The number of nitrogens with one attached hydrogen (secondary N) is 1. The maximum absolute atomic E-state index is 4.67. The molecule has 0 unspecified atom stereocenters. The number of hydrogen-bond acceptors (Lipinski definition) is 7. The van der Waals surface area contributed by atoms with Gasteiger partial charge >= 0.3 is 0 Å². The zero-order valence-electron chi connectivity index (χ0n) is 14.9. The average molecular weight is 347 g/mol. The Bertz CT molecular complexity index is 897. The van der Waals surface area contributed by atoms with Crippen molar-refractivity contribution in [1.82, 2.24) is 24.9 Å². The van der Waals surface area contributed by atoms with Gasteiger partial charge in [0, 0.05) is 43.7 Å². The third-order valence-corrected chi connectivity index (χ3v) is 4.56. The first-order valence-electron chi connectivity index (χ1n) is 8.75. The molecule has 1 aliphatic rings. The molecule has 26 heavy (non-hydrogen) atoms. The van der Waals surface area contributed by atoms with Gasteiger partial charge in [-0.2, -0.15) is 0 Å². The van der Waals surface area contributed by atoms with Crippen LogP contribution in [0.1, 0.15) is 29.4 Å². The number of rotatable bonds is 4. The van der Waals surface area contributed by atoms with Crippen molar-refractivity contribution in [2.45, 2.75) is 26.2 Å². The molecular formula is C19H21N7. The average Bonchev–Trinajstić information content (AvgIpc) is 3.14. The molecule has 1 saturated heterocycles. The third kappa shape index (κ3) is 3.46. The minimum atomic E-state index is 0.339. The molecule has 1 aliphatic heterocycles. The van der Waals surface area contributed by atoms with E-state index in [1.165, 1.54) is 0 Å². The monoisotopic (exact) mass is 347 g/mol. The van der Waals surface area contributed by atoms with Gasteiger partial charge in [-0.1, -0.05) is 6.07 Å². The Kier molecular flexibility index (Phi) is 4.43. The van der Waals surface area contributed by atoms with E-state index in [9.17, 15) is 0 Å². The maximum Gasteiger partial charge on any atom is 0.225 e. The van der Waals surface area contributed by atoms with Crippen molar-refractivity contribution in [3.05, 3.63) is 59.9 Å². The highest BCUT2D eigenvalue weighted by molar-refractivity contribution is 5.55. The Balaban J connectivity index is 1.54. The van der Waals surface area contributed by atoms with E-state index < -0.39 is 0 Å². The zero-order valence-corrected chi connectivity index (χ0v) is 14.9. The van der Waals surface area contributed by atoms with Crippen LogP contribution in [0.4, 0.5) is 17.6 Å². The molecular weight excluding hydrogens is 326 g/mol. The molecule has 4 rings (SSSR count). The summed E-state index contributed by atoms with van der Waals surface area (Å²) < 4.78 is 0. The number of nitrogens with zero attached hydrogens (tertiary/aromatic N) is 6. The highest BCUT2D eigenvalue weighted by atomic mass is 15.3. The lowest BCUT2D eigenvalue weighted by Gasteiger charge is -2.16. The number of aryl methyl sites for hydroxylation is 2. The molecule has 4 heterocycles. The molecule has 0 aromatic carbocycles. The molecule has 0 spiro atoms. The van der Waals surface area contributed by atoms with Gasteiger partial charge in [-0.25, -0.2) is 24.9 Å². The molecule has 0 amide bonds. The second kappa shape index (κ2) is 7.03. The Morgan fingerprint density at radius 1 is 1.04 bits per heavy atom. The van der Waals surface area contributed by atoms with Crippen LogP contribution in [0.5, 0.6) is 0 Å². The summed E-state index contributed by atoms with van der Waals surface area (Å²) in [5, 5.41) is 3.32. The molecule has 3 aromatic rings. The van der Waals surface area contributed by atoms with Crippen LogP contribution < -0.4 is 10.2 Å². The van der Waals surface area contributed by atoms with E-state index in [1.807, 2.05) is 38.1 Å². The normalized spacial score (nSPS) is 16.7. The number of aromatic nitrogens is 5. The van der Waals surface area contributed by atoms with Gasteiger partial charge in [0.2, 0.25) is 5.95 Å². The van der Waals surface area contributed by atoms with Gasteiger partial charge in [-0.3, -0.25) is 0 Å². The first-order chi connectivity index (χ1) is 12.7. The van der Waals surface area contributed by atoms with E-state index in [-0.39, 0.29) is 0 Å². The summed E-state index contributed by atoms with van der Waals surface area (Å²) in [6.45, 7) is 5.74. The van der Waals surface area contributed by atoms with Crippen molar-refractivity contribution in [3.63, 3.8) is 0 Å². The molecule has 0 aliphatic carbocycles. The summed E-state index contributed by atoms with van der Waals surface area (Å²) in [5.41, 5.74) is 2.13. The lowest BCUT2D eigenvalue weighted by atomic mass is 10.0. The van der Waals surface area contributed by atoms with E-state index in [2.05, 4.69) is 35.1 Å². The zero-order chi connectivity index (χ0) is 17.9. The first-order valence-corrected chi connectivity index (χ1v) is 8.75. The smallest absolute Gasteiger partial charge is 0.225 e. The lowest BCUT2D eigenvalue weighted by Crippen LogP contribution is -2.21.